The Hall–Kier alpha value is -2.17. The molecule has 0 aliphatic heterocycles. The molecule has 0 heterocycles. The number of primary amides is 1. The summed E-state index contributed by atoms with van der Waals surface area (Å²) < 4.78 is 0. The third kappa shape index (κ3) is 3.20. The zero-order valence-electron chi connectivity index (χ0n) is 8.82. The van der Waals surface area contributed by atoms with E-state index in [0.29, 0.717) is 5.69 Å². The Morgan fingerprint density at radius 1 is 1.25 bits per heavy atom. The average Bonchev–Trinajstić information content (AvgIpc) is 2.16. The number of benzene rings is 1. The van der Waals surface area contributed by atoms with Gasteiger partial charge in [-0.2, -0.15) is 0 Å². The molecule has 0 bridgehead atoms. The number of hydrogen-bond donors (Lipinski definition) is 2. The van der Waals surface area contributed by atoms with E-state index in [1.807, 2.05) is 0 Å². The van der Waals surface area contributed by atoms with Gasteiger partial charge in [-0.3, -0.25) is 14.4 Å². The van der Waals surface area contributed by atoms with Crippen molar-refractivity contribution in [2.24, 2.45) is 5.73 Å². The summed E-state index contributed by atoms with van der Waals surface area (Å²) in [5.74, 6) is -1.33. The van der Waals surface area contributed by atoms with Crippen LogP contribution in [0.4, 0.5) is 5.69 Å². The maximum absolute atomic E-state index is 11.3. The van der Waals surface area contributed by atoms with Crippen LogP contribution in [0.15, 0.2) is 24.3 Å². The molecule has 1 rings (SSSR count). The summed E-state index contributed by atoms with van der Waals surface area (Å²) in [6.45, 7) is 1.32. The smallest absolute Gasteiger partial charge is 0.250 e. The van der Waals surface area contributed by atoms with Crippen LogP contribution in [0, 0.1) is 0 Å². The van der Waals surface area contributed by atoms with Crippen LogP contribution in [0.2, 0.25) is 0 Å². The summed E-state index contributed by atoms with van der Waals surface area (Å²) >= 11 is 0. The molecule has 0 radical (unpaired) electrons. The van der Waals surface area contributed by atoms with Crippen LogP contribution in [0.25, 0.3) is 0 Å². The molecule has 2 amide bonds. The molecule has 0 saturated heterocycles. The molecule has 3 N–H and O–H groups in total. The van der Waals surface area contributed by atoms with Gasteiger partial charge in [0.2, 0.25) is 5.91 Å². The van der Waals surface area contributed by atoms with Gasteiger partial charge in [0.05, 0.1) is 17.7 Å². The second kappa shape index (κ2) is 5.06. The number of rotatable bonds is 4. The molecule has 1 aromatic rings. The third-order valence-corrected chi connectivity index (χ3v) is 1.88. The Labute approximate surface area is 92.6 Å². The predicted octanol–water partition coefficient (Wildman–Crippen LogP) is 0.703. The fraction of sp³-hybridized carbons (Fsp3) is 0.182. The number of carbonyl (C=O) groups excluding carboxylic acids is 3. The van der Waals surface area contributed by atoms with Crippen LogP contribution in [-0.4, -0.2) is 17.6 Å². The van der Waals surface area contributed by atoms with Gasteiger partial charge in [-0.1, -0.05) is 12.1 Å². The molecule has 0 aliphatic carbocycles. The van der Waals surface area contributed by atoms with Gasteiger partial charge in [-0.25, -0.2) is 0 Å². The van der Waals surface area contributed by atoms with E-state index in [2.05, 4.69) is 5.32 Å². The minimum atomic E-state index is -0.626. The first-order valence-electron chi connectivity index (χ1n) is 4.69. The normalized spacial score (nSPS) is 9.56. The average molecular weight is 220 g/mol. The van der Waals surface area contributed by atoms with Crippen LogP contribution in [0.5, 0.6) is 0 Å². The van der Waals surface area contributed by atoms with E-state index in [9.17, 15) is 14.4 Å². The molecule has 0 unspecified atom stereocenters. The second-order valence-electron chi connectivity index (χ2n) is 3.34. The van der Waals surface area contributed by atoms with E-state index < -0.39 is 11.8 Å². The minimum absolute atomic E-state index is 0.215. The quantitative estimate of drug-likeness (QED) is 0.732. The molecule has 0 aromatic heterocycles. The molecule has 5 nitrogen and oxygen atoms in total. The van der Waals surface area contributed by atoms with Gasteiger partial charge in [0.1, 0.15) is 5.78 Å². The fourth-order valence-electron chi connectivity index (χ4n) is 1.23. The zero-order valence-corrected chi connectivity index (χ0v) is 8.82. The lowest BCUT2D eigenvalue weighted by Gasteiger charge is -2.07. The van der Waals surface area contributed by atoms with Gasteiger partial charge >= 0.3 is 0 Å². The first kappa shape index (κ1) is 11.9. The Morgan fingerprint density at radius 2 is 1.88 bits per heavy atom. The molecule has 0 atom stereocenters. The van der Waals surface area contributed by atoms with E-state index in [4.69, 9.17) is 5.73 Å². The van der Waals surface area contributed by atoms with E-state index in [1.54, 1.807) is 18.2 Å². The van der Waals surface area contributed by atoms with Crippen molar-refractivity contribution >= 4 is 23.3 Å². The summed E-state index contributed by atoms with van der Waals surface area (Å²) in [5, 5.41) is 2.46. The van der Waals surface area contributed by atoms with Crippen molar-refractivity contribution in [3.05, 3.63) is 29.8 Å². The zero-order chi connectivity index (χ0) is 12.1. The number of nitrogens with one attached hydrogen (secondary N) is 1. The molecular formula is C11H12N2O3. The lowest BCUT2D eigenvalue weighted by Crippen LogP contribution is -2.19. The van der Waals surface area contributed by atoms with E-state index in [0.717, 1.165) is 0 Å². The predicted molar refractivity (Wildman–Crippen MR) is 58.9 cm³/mol. The van der Waals surface area contributed by atoms with Crippen LogP contribution < -0.4 is 11.1 Å². The van der Waals surface area contributed by atoms with E-state index in [-0.39, 0.29) is 17.8 Å². The standard InChI is InChI=1S/C11H12N2O3/c1-7(14)6-10(15)13-9-5-3-2-4-8(9)11(12)16/h2-5H,6H2,1H3,(H2,12,16)(H,13,15). The molecule has 0 spiro atoms. The maximum Gasteiger partial charge on any atom is 0.250 e. The monoisotopic (exact) mass is 220 g/mol. The summed E-state index contributed by atoms with van der Waals surface area (Å²) in [5.41, 5.74) is 5.68. The maximum atomic E-state index is 11.3. The number of hydrogen-bond acceptors (Lipinski definition) is 3. The highest BCUT2D eigenvalue weighted by molar-refractivity contribution is 6.07. The molecule has 0 fully saturated rings. The van der Waals surface area contributed by atoms with Crippen LogP contribution in [0.1, 0.15) is 23.7 Å². The van der Waals surface area contributed by atoms with Crippen molar-refractivity contribution in [1.29, 1.82) is 0 Å². The van der Waals surface area contributed by atoms with Crippen molar-refractivity contribution in [3.8, 4) is 0 Å². The van der Waals surface area contributed by atoms with Gasteiger partial charge in [0.25, 0.3) is 5.91 Å². The van der Waals surface area contributed by atoms with Crippen molar-refractivity contribution in [2.75, 3.05) is 5.32 Å². The Balaban J connectivity index is 2.84. The number of carbonyl (C=O) groups is 3. The van der Waals surface area contributed by atoms with Crippen LogP contribution >= 0.6 is 0 Å². The van der Waals surface area contributed by atoms with E-state index in [1.165, 1.54) is 13.0 Å². The number of ketones is 1. The third-order valence-electron chi connectivity index (χ3n) is 1.88. The van der Waals surface area contributed by atoms with Crippen molar-refractivity contribution in [1.82, 2.24) is 0 Å². The SMILES string of the molecule is CC(=O)CC(=O)Nc1ccccc1C(N)=O. The van der Waals surface area contributed by atoms with Gasteiger partial charge in [-0.15, -0.1) is 0 Å². The Kier molecular flexibility index (Phi) is 3.77. The van der Waals surface area contributed by atoms with Gasteiger partial charge in [0, 0.05) is 0 Å². The van der Waals surface area contributed by atoms with Gasteiger partial charge in [0.15, 0.2) is 0 Å². The number of Topliss-reactive ketones (excluding diaryl/α,β-unsaturated/α-hetero) is 1. The lowest BCUT2D eigenvalue weighted by atomic mass is 10.1. The minimum Gasteiger partial charge on any atom is -0.366 e. The van der Waals surface area contributed by atoms with Crippen molar-refractivity contribution in [3.63, 3.8) is 0 Å². The second-order valence-corrected chi connectivity index (χ2v) is 3.34. The number of nitrogens with two attached hydrogens (primary N) is 1. The first-order valence-corrected chi connectivity index (χ1v) is 4.69. The van der Waals surface area contributed by atoms with Gasteiger partial charge in [-0.05, 0) is 19.1 Å². The summed E-state index contributed by atoms with van der Waals surface area (Å²) in [7, 11) is 0. The first-order chi connectivity index (χ1) is 7.50. The Bertz CT molecular complexity index is 441. The van der Waals surface area contributed by atoms with Gasteiger partial charge < -0.3 is 11.1 Å². The number of amides is 2. The summed E-state index contributed by atoms with van der Waals surface area (Å²) in [6.07, 6.45) is -0.215. The topological polar surface area (TPSA) is 89.3 Å². The molecular weight excluding hydrogens is 208 g/mol. The molecule has 1 aromatic carbocycles. The fourth-order valence-corrected chi connectivity index (χ4v) is 1.23. The summed E-state index contributed by atoms with van der Waals surface area (Å²) in [6, 6.07) is 6.36. The van der Waals surface area contributed by atoms with Crippen molar-refractivity contribution in [2.45, 2.75) is 13.3 Å². The molecule has 0 aliphatic rings. The van der Waals surface area contributed by atoms with E-state index >= 15 is 0 Å². The Morgan fingerprint density at radius 3 is 2.44 bits per heavy atom. The highest BCUT2D eigenvalue weighted by Crippen LogP contribution is 2.14. The molecule has 84 valence electrons. The highest BCUT2D eigenvalue weighted by Gasteiger charge is 2.11. The molecule has 5 heteroatoms. The van der Waals surface area contributed by atoms with Crippen molar-refractivity contribution < 1.29 is 14.4 Å². The number of anilines is 1. The lowest BCUT2D eigenvalue weighted by molar-refractivity contribution is -0.124. The molecule has 16 heavy (non-hydrogen) atoms. The van der Waals surface area contributed by atoms with Crippen LogP contribution in [-0.2, 0) is 9.59 Å². The van der Waals surface area contributed by atoms with Crippen LogP contribution in [0.3, 0.4) is 0 Å². The molecule has 0 saturated carbocycles. The largest absolute Gasteiger partial charge is 0.366 e. The number of para-hydroxylation sites is 1. The highest BCUT2D eigenvalue weighted by atomic mass is 16.2. The summed E-state index contributed by atoms with van der Waals surface area (Å²) in [4.78, 5) is 33.1.